The maximum Gasteiger partial charge on any atom is 0.417 e. The van der Waals surface area contributed by atoms with E-state index in [9.17, 15) is 26.4 Å². The topological polar surface area (TPSA) is 57.7 Å². The number of carbonyl (C=O) groups excluding carboxylic acids is 1. The summed E-state index contributed by atoms with van der Waals surface area (Å²) in [6.07, 6.45) is 3.34. The molecule has 0 unspecified atom stereocenters. The van der Waals surface area contributed by atoms with Crippen LogP contribution in [0.1, 0.15) is 63.4 Å². The quantitative estimate of drug-likeness (QED) is 0.703. The molecular formula is C21H27F3N2O3S. The van der Waals surface area contributed by atoms with E-state index in [1.54, 1.807) is 0 Å². The molecule has 1 saturated heterocycles. The average molecular weight is 445 g/mol. The van der Waals surface area contributed by atoms with Crippen LogP contribution >= 0.6 is 0 Å². The average Bonchev–Trinajstić information content (AvgIpc) is 3.21. The molecule has 0 aromatic heterocycles. The van der Waals surface area contributed by atoms with Crippen molar-refractivity contribution in [2.45, 2.75) is 80.4 Å². The standard InChI is InChI=1S/C21H27F3N2O3S/c22-21(23,24)17-10-4-5-11-18(17)30(28,29)25-14-19(27)26(16-8-2-3-9-16)20(15-25)12-6-1-7-13-20/h4-5,10-11,16H,1-3,6-9,12-15H2. The molecular weight excluding hydrogens is 417 g/mol. The number of halogens is 3. The molecule has 9 heteroatoms. The Labute approximate surface area is 175 Å². The minimum absolute atomic E-state index is 0.0732. The zero-order chi connectivity index (χ0) is 21.6. The van der Waals surface area contributed by atoms with Gasteiger partial charge in [-0.3, -0.25) is 4.79 Å². The van der Waals surface area contributed by atoms with E-state index in [1.807, 2.05) is 4.90 Å². The Hall–Kier alpha value is -1.61. The smallest absolute Gasteiger partial charge is 0.332 e. The second kappa shape index (κ2) is 7.82. The molecule has 2 saturated carbocycles. The molecule has 0 atom stereocenters. The summed E-state index contributed by atoms with van der Waals surface area (Å²) in [5.74, 6) is -0.275. The predicted octanol–water partition coefficient (Wildman–Crippen LogP) is 4.18. The molecule has 5 nitrogen and oxygen atoms in total. The predicted molar refractivity (Wildman–Crippen MR) is 105 cm³/mol. The Bertz CT molecular complexity index is 904. The highest BCUT2D eigenvalue weighted by atomic mass is 32.2. The number of benzene rings is 1. The minimum Gasteiger partial charge on any atom is -0.332 e. The van der Waals surface area contributed by atoms with Crippen LogP contribution in [-0.2, 0) is 21.0 Å². The van der Waals surface area contributed by atoms with E-state index >= 15 is 0 Å². The molecule has 1 heterocycles. The molecule has 166 valence electrons. The normalized spacial score (nSPS) is 24.0. The molecule has 3 fully saturated rings. The maximum atomic E-state index is 13.5. The van der Waals surface area contributed by atoms with Crippen molar-refractivity contribution in [2.24, 2.45) is 0 Å². The van der Waals surface area contributed by atoms with E-state index < -0.39 is 38.7 Å². The molecule has 1 aliphatic heterocycles. The van der Waals surface area contributed by atoms with Crippen molar-refractivity contribution in [3.63, 3.8) is 0 Å². The molecule has 0 radical (unpaired) electrons. The van der Waals surface area contributed by atoms with Gasteiger partial charge in [-0.2, -0.15) is 17.5 Å². The lowest BCUT2D eigenvalue weighted by atomic mass is 9.78. The fraction of sp³-hybridized carbons (Fsp3) is 0.667. The van der Waals surface area contributed by atoms with E-state index in [4.69, 9.17) is 0 Å². The Morgan fingerprint density at radius 1 is 0.967 bits per heavy atom. The third kappa shape index (κ3) is 3.75. The van der Waals surface area contributed by atoms with E-state index in [-0.39, 0.29) is 18.5 Å². The Balaban J connectivity index is 1.72. The van der Waals surface area contributed by atoms with E-state index in [0.717, 1.165) is 61.4 Å². The molecule has 1 aromatic carbocycles. The molecule has 1 aromatic rings. The summed E-state index contributed by atoms with van der Waals surface area (Å²) in [6.45, 7) is -0.323. The van der Waals surface area contributed by atoms with E-state index in [1.165, 1.54) is 12.1 Å². The lowest BCUT2D eigenvalue weighted by molar-refractivity contribution is -0.150. The highest BCUT2D eigenvalue weighted by molar-refractivity contribution is 7.89. The van der Waals surface area contributed by atoms with Crippen molar-refractivity contribution < 1.29 is 26.4 Å². The van der Waals surface area contributed by atoms with Crippen LogP contribution < -0.4 is 0 Å². The molecule has 0 bridgehead atoms. The number of amides is 1. The van der Waals surface area contributed by atoms with Crippen LogP contribution in [0.3, 0.4) is 0 Å². The monoisotopic (exact) mass is 444 g/mol. The second-order valence-electron chi connectivity index (χ2n) is 8.75. The van der Waals surface area contributed by atoms with Gasteiger partial charge in [-0.05, 0) is 37.8 Å². The summed E-state index contributed by atoms with van der Waals surface area (Å²) in [5, 5.41) is 0. The number of sulfonamides is 1. The number of hydrogen-bond acceptors (Lipinski definition) is 3. The maximum absolute atomic E-state index is 13.5. The number of nitrogens with zero attached hydrogens (tertiary/aromatic N) is 2. The van der Waals surface area contributed by atoms with Crippen molar-refractivity contribution in [3.8, 4) is 0 Å². The number of rotatable bonds is 3. The van der Waals surface area contributed by atoms with Gasteiger partial charge in [-0.15, -0.1) is 0 Å². The van der Waals surface area contributed by atoms with Gasteiger partial charge in [-0.1, -0.05) is 44.2 Å². The first-order valence-corrected chi connectivity index (χ1v) is 12.1. The number of hydrogen-bond donors (Lipinski definition) is 0. The van der Waals surface area contributed by atoms with Crippen LogP contribution in [0.4, 0.5) is 13.2 Å². The van der Waals surface area contributed by atoms with Gasteiger partial charge in [0.05, 0.1) is 22.5 Å². The molecule has 3 aliphatic rings. The zero-order valence-corrected chi connectivity index (χ0v) is 17.6. The molecule has 1 spiro atoms. The van der Waals surface area contributed by atoms with Gasteiger partial charge in [0.15, 0.2) is 0 Å². The van der Waals surface area contributed by atoms with Crippen LogP contribution in [0.15, 0.2) is 29.2 Å². The first kappa shape index (κ1) is 21.6. The fourth-order valence-corrected chi connectivity index (χ4v) is 7.23. The van der Waals surface area contributed by atoms with Crippen LogP contribution in [-0.4, -0.2) is 48.2 Å². The minimum atomic E-state index is -4.79. The van der Waals surface area contributed by atoms with Crippen LogP contribution in [0.2, 0.25) is 0 Å². The molecule has 30 heavy (non-hydrogen) atoms. The van der Waals surface area contributed by atoms with Crippen molar-refractivity contribution in [1.29, 1.82) is 0 Å². The third-order valence-electron chi connectivity index (χ3n) is 6.85. The van der Waals surface area contributed by atoms with Gasteiger partial charge in [0.1, 0.15) is 0 Å². The molecule has 4 rings (SSSR count). The summed E-state index contributed by atoms with van der Waals surface area (Å²) < 4.78 is 68.1. The van der Waals surface area contributed by atoms with Crippen molar-refractivity contribution in [1.82, 2.24) is 9.21 Å². The second-order valence-corrected chi connectivity index (χ2v) is 10.7. The summed E-state index contributed by atoms with van der Waals surface area (Å²) >= 11 is 0. The summed E-state index contributed by atoms with van der Waals surface area (Å²) in [6, 6.07) is 4.34. The van der Waals surface area contributed by atoms with Gasteiger partial charge < -0.3 is 4.90 Å². The first-order chi connectivity index (χ1) is 14.2. The Morgan fingerprint density at radius 3 is 2.23 bits per heavy atom. The summed E-state index contributed by atoms with van der Waals surface area (Å²) in [7, 11) is -4.47. The lowest BCUT2D eigenvalue weighted by Crippen LogP contribution is -2.68. The van der Waals surface area contributed by atoms with E-state index in [0.29, 0.717) is 12.8 Å². The molecule has 0 N–H and O–H groups in total. The van der Waals surface area contributed by atoms with Crippen molar-refractivity contribution in [3.05, 3.63) is 29.8 Å². The number of alkyl halides is 3. The summed E-state index contributed by atoms with van der Waals surface area (Å²) in [4.78, 5) is 14.4. The Morgan fingerprint density at radius 2 is 1.60 bits per heavy atom. The lowest BCUT2D eigenvalue weighted by Gasteiger charge is -2.54. The summed E-state index contributed by atoms with van der Waals surface area (Å²) in [5.41, 5.74) is -1.79. The van der Waals surface area contributed by atoms with Crippen LogP contribution in [0, 0.1) is 0 Å². The van der Waals surface area contributed by atoms with Gasteiger partial charge in [0.25, 0.3) is 0 Å². The molecule has 1 amide bonds. The van der Waals surface area contributed by atoms with Crippen LogP contribution in [0.25, 0.3) is 0 Å². The van der Waals surface area contributed by atoms with Crippen molar-refractivity contribution >= 4 is 15.9 Å². The van der Waals surface area contributed by atoms with Crippen molar-refractivity contribution in [2.75, 3.05) is 13.1 Å². The van der Waals surface area contributed by atoms with Gasteiger partial charge >= 0.3 is 6.18 Å². The van der Waals surface area contributed by atoms with E-state index in [2.05, 4.69) is 0 Å². The van der Waals surface area contributed by atoms with Gasteiger partial charge in [-0.25, -0.2) is 8.42 Å². The SMILES string of the molecule is O=C1CN(S(=O)(=O)c2ccccc2C(F)(F)F)CC2(CCCCC2)N1C1CCCC1. The highest BCUT2D eigenvalue weighted by Gasteiger charge is 2.52. The first-order valence-electron chi connectivity index (χ1n) is 10.6. The third-order valence-corrected chi connectivity index (χ3v) is 8.70. The number of piperazine rings is 1. The highest BCUT2D eigenvalue weighted by Crippen LogP contribution is 2.43. The van der Waals surface area contributed by atoms with Gasteiger partial charge in [0.2, 0.25) is 15.9 Å². The van der Waals surface area contributed by atoms with Crippen LogP contribution in [0.5, 0.6) is 0 Å². The molecule has 2 aliphatic carbocycles. The zero-order valence-electron chi connectivity index (χ0n) is 16.8. The Kier molecular flexibility index (Phi) is 5.63. The number of carbonyl (C=O) groups is 1. The fourth-order valence-electron chi connectivity index (χ4n) is 5.55. The van der Waals surface area contributed by atoms with Gasteiger partial charge in [0, 0.05) is 12.6 Å². The largest absolute Gasteiger partial charge is 0.417 e.